The molecule has 0 radical (unpaired) electrons. The van der Waals surface area contributed by atoms with Gasteiger partial charge in [-0.25, -0.2) is 0 Å². The number of hydrogen-bond donors (Lipinski definition) is 1. The Morgan fingerprint density at radius 3 is 2.77 bits per heavy atom. The average Bonchev–Trinajstić information content (AvgIpc) is 3.28. The monoisotopic (exact) mass is 420 g/mol. The van der Waals surface area contributed by atoms with Crippen LogP contribution in [0.3, 0.4) is 0 Å². The van der Waals surface area contributed by atoms with Crippen LogP contribution < -0.4 is 15.2 Å². The maximum Gasteiger partial charge on any atom is 0.249 e. The lowest BCUT2D eigenvalue weighted by Crippen LogP contribution is -2.47. The number of rotatable bonds is 7. The van der Waals surface area contributed by atoms with E-state index in [0.717, 1.165) is 64.2 Å². The number of anilines is 1. The molecule has 1 saturated heterocycles. The second kappa shape index (κ2) is 9.08. The molecule has 2 aromatic heterocycles. The van der Waals surface area contributed by atoms with Crippen LogP contribution in [0.5, 0.6) is 5.88 Å². The van der Waals surface area contributed by atoms with Gasteiger partial charge in [0.25, 0.3) is 0 Å². The Hall–Kier alpha value is -2.90. The number of piperazine rings is 1. The number of aromatic amines is 1. The van der Waals surface area contributed by atoms with Crippen LogP contribution in [-0.4, -0.2) is 54.2 Å². The predicted molar refractivity (Wildman–Crippen MR) is 121 cm³/mol. The van der Waals surface area contributed by atoms with E-state index in [1.807, 2.05) is 12.1 Å². The summed E-state index contributed by atoms with van der Waals surface area (Å²) in [5.41, 5.74) is 4.49. The van der Waals surface area contributed by atoms with E-state index < -0.39 is 0 Å². The Morgan fingerprint density at radius 1 is 1.00 bits per heavy atom. The third-order valence-corrected chi connectivity index (χ3v) is 6.14. The first-order valence-electron chi connectivity index (χ1n) is 11.0. The molecule has 0 atom stereocenters. The fourth-order valence-corrected chi connectivity index (χ4v) is 4.40. The average molecular weight is 421 g/mol. The molecule has 3 aromatic rings. The second-order valence-electron chi connectivity index (χ2n) is 8.20. The number of hydrogen-bond acceptors (Lipinski definition) is 6. The van der Waals surface area contributed by atoms with Crippen LogP contribution >= 0.6 is 0 Å². The largest absolute Gasteiger partial charge is 0.478 e. The van der Waals surface area contributed by atoms with E-state index in [4.69, 9.17) is 9.47 Å². The molecule has 0 bridgehead atoms. The van der Waals surface area contributed by atoms with Crippen molar-refractivity contribution in [2.45, 2.75) is 26.1 Å². The first-order valence-corrected chi connectivity index (χ1v) is 11.0. The summed E-state index contributed by atoms with van der Waals surface area (Å²) in [6, 6.07) is 13.6. The highest BCUT2D eigenvalue weighted by Crippen LogP contribution is 2.30. The topological polar surface area (TPSA) is 70.7 Å². The van der Waals surface area contributed by atoms with E-state index in [2.05, 4.69) is 38.0 Å². The number of benzene rings is 1. The van der Waals surface area contributed by atoms with Gasteiger partial charge < -0.3 is 19.4 Å². The highest BCUT2D eigenvalue weighted by Gasteiger charge is 2.22. The minimum absolute atomic E-state index is 0.151. The van der Waals surface area contributed by atoms with Gasteiger partial charge >= 0.3 is 0 Å². The first kappa shape index (κ1) is 20.0. The van der Waals surface area contributed by atoms with Gasteiger partial charge in [-0.1, -0.05) is 12.1 Å². The van der Waals surface area contributed by atoms with Crippen molar-refractivity contribution in [3.8, 4) is 5.88 Å². The number of pyridine rings is 2. The lowest BCUT2D eigenvalue weighted by Gasteiger charge is -2.37. The van der Waals surface area contributed by atoms with Gasteiger partial charge in [0, 0.05) is 54.9 Å². The zero-order chi connectivity index (χ0) is 21.0. The smallest absolute Gasteiger partial charge is 0.249 e. The number of nitrogens with zero attached hydrogens (tertiary/aromatic N) is 3. The van der Waals surface area contributed by atoms with Gasteiger partial charge in [-0.15, -0.1) is 0 Å². The summed E-state index contributed by atoms with van der Waals surface area (Å²) in [5.74, 6) is 0.558. The Balaban J connectivity index is 1.04. The van der Waals surface area contributed by atoms with Crippen molar-refractivity contribution in [1.29, 1.82) is 0 Å². The zero-order valence-electron chi connectivity index (χ0n) is 17.7. The van der Waals surface area contributed by atoms with Gasteiger partial charge in [-0.05, 0) is 43.1 Å². The fourth-order valence-electron chi connectivity index (χ4n) is 4.40. The summed E-state index contributed by atoms with van der Waals surface area (Å²) in [4.78, 5) is 23.6. The lowest BCUT2D eigenvalue weighted by molar-refractivity contribution is 0.134. The molecular weight excluding hydrogens is 392 g/mol. The van der Waals surface area contributed by atoms with Crippen molar-refractivity contribution < 1.29 is 9.47 Å². The van der Waals surface area contributed by atoms with E-state index >= 15 is 0 Å². The molecule has 2 aliphatic heterocycles. The third-order valence-electron chi connectivity index (χ3n) is 6.14. The lowest BCUT2D eigenvalue weighted by atomic mass is 10.1. The van der Waals surface area contributed by atoms with Crippen LogP contribution in [0.1, 0.15) is 24.0 Å². The summed E-state index contributed by atoms with van der Waals surface area (Å²) in [6.45, 7) is 7.51. The molecule has 31 heavy (non-hydrogen) atoms. The first-order chi connectivity index (χ1) is 15.3. The number of nitrogens with one attached hydrogen (secondary N) is 1. The minimum Gasteiger partial charge on any atom is -0.478 e. The van der Waals surface area contributed by atoms with Gasteiger partial charge in [0.05, 0.1) is 19.8 Å². The maximum absolute atomic E-state index is 11.4. The molecule has 1 fully saturated rings. The van der Waals surface area contributed by atoms with Crippen LogP contribution in [0.4, 0.5) is 5.69 Å². The summed E-state index contributed by atoms with van der Waals surface area (Å²) in [5, 5.41) is 0.902. The Labute approximate surface area is 181 Å². The number of unbranched alkanes of at least 4 members (excludes halogenated alkanes) is 1. The zero-order valence-corrected chi connectivity index (χ0v) is 17.7. The third kappa shape index (κ3) is 4.57. The van der Waals surface area contributed by atoms with E-state index in [0.29, 0.717) is 18.1 Å². The molecule has 7 heteroatoms. The molecule has 0 spiro atoms. The minimum atomic E-state index is -0.151. The number of fused-ring (bicyclic) bond motifs is 2. The normalized spacial score (nSPS) is 16.6. The fraction of sp³-hybridized carbons (Fsp3) is 0.417. The van der Waals surface area contributed by atoms with Crippen molar-refractivity contribution in [2.24, 2.45) is 0 Å². The molecule has 7 nitrogen and oxygen atoms in total. The SMILES string of the molecule is O=c1ccc2ccc(OCCCCN3CCN(c4cccc5c4COC5)CC3)nc2[nH]1. The van der Waals surface area contributed by atoms with Crippen molar-refractivity contribution in [2.75, 3.05) is 44.2 Å². The molecular formula is C24H28N4O3. The van der Waals surface area contributed by atoms with E-state index in [1.165, 1.54) is 22.9 Å². The molecule has 4 heterocycles. The number of aromatic nitrogens is 2. The van der Waals surface area contributed by atoms with Crippen LogP contribution in [-0.2, 0) is 18.0 Å². The Morgan fingerprint density at radius 2 is 1.87 bits per heavy atom. The maximum atomic E-state index is 11.4. The van der Waals surface area contributed by atoms with Crippen molar-refractivity contribution in [3.63, 3.8) is 0 Å². The molecule has 2 aliphatic rings. The molecule has 0 saturated carbocycles. The van der Waals surface area contributed by atoms with E-state index in [1.54, 1.807) is 6.07 Å². The van der Waals surface area contributed by atoms with Gasteiger partial charge in [0.2, 0.25) is 11.4 Å². The summed E-state index contributed by atoms with van der Waals surface area (Å²) >= 11 is 0. The molecule has 1 aromatic carbocycles. The summed E-state index contributed by atoms with van der Waals surface area (Å²) in [6.07, 6.45) is 2.08. The number of H-pyrrole nitrogens is 1. The molecule has 162 valence electrons. The molecule has 5 rings (SSSR count). The van der Waals surface area contributed by atoms with Gasteiger partial charge in [-0.2, -0.15) is 4.98 Å². The second-order valence-corrected chi connectivity index (χ2v) is 8.20. The van der Waals surface area contributed by atoms with Crippen molar-refractivity contribution >= 4 is 16.7 Å². The predicted octanol–water partition coefficient (Wildman–Crippen LogP) is 2.93. The highest BCUT2D eigenvalue weighted by molar-refractivity contribution is 5.74. The Kier molecular flexibility index (Phi) is 5.86. The standard InChI is InChI=1S/C24H28N4O3/c29-22-8-6-18-7-9-23(26-24(18)25-22)31-15-2-1-10-27-11-13-28(14-12-27)21-5-3-4-19-16-30-17-20(19)21/h3-9H,1-2,10-17H2,(H,25,26,29). The quantitative estimate of drug-likeness (QED) is 0.593. The van der Waals surface area contributed by atoms with Gasteiger partial charge in [-0.3, -0.25) is 9.69 Å². The number of ether oxygens (including phenoxy) is 2. The summed E-state index contributed by atoms with van der Waals surface area (Å²) < 4.78 is 11.4. The van der Waals surface area contributed by atoms with E-state index in [-0.39, 0.29) is 5.56 Å². The van der Waals surface area contributed by atoms with Crippen LogP contribution in [0.2, 0.25) is 0 Å². The van der Waals surface area contributed by atoms with Crippen molar-refractivity contribution in [3.05, 3.63) is 63.9 Å². The van der Waals surface area contributed by atoms with Crippen LogP contribution in [0.25, 0.3) is 11.0 Å². The van der Waals surface area contributed by atoms with Crippen molar-refractivity contribution in [1.82, 2.24) is 14.9 Å². The van der Waals surface area contributed by atoms with Gasteiger partial charge in [0.15, 0.2) is 0 Å². The summed E-state index contributed by atoms with van der Waals surface area (Å²) in [7, 11) is 0. The van der Waals surface area contributed by atoms with Crippen LogP contribution in [0, 0.1) is 0 Å². The Bertz CT molecular complexity index is 1110. The molecule has 0 amide bonds. The molecule has 0 aliphatic carbocycles. The molecule has 0 unspecified atom stereocenters. The van der Waals surface area contributed by atoms with Gasteiger partial charge in [0.1, 0.15) is 5.65 Å². The van der Waals surface area contributed by atoms with Crippen LogP contribution in [0.15, 0.2) is 47.3 Å². The van der Waals surface area contributed by atoms with E-state index in [9.17, 15) is 4.79 Å². The highest BCUT2D eigenvalue weighted by atomic mass is 16.5. The molecule has 1 N–H and O–H groups in total.